The molecule has 9 nitrogen and oxygen atoms in total. The largest absolute Gasteiger partial charge is 0.497 e. The summed E-state index contributed by atoms with van der Waals surface area (Å²) in [5.41, 5.74) is 2.44. The molecule has 204 valence electrons. The van der Waals surface area contributed by atoms with Gasteiger partial charge in [0.25, 0.3) is 17.5 Å². The zero-order valence-corrected chi connectivity index (χ0v) is 21.9. The van der Waals surface area contributed by atoms with Gasteiger partial charge in [-0.05, 0) is 83.9 Å². The van der Waals surface area contributed by atoms with Crippen LogP contribution in [0.25, 0.3) is 12.2 Å². The van der Waals surface area contributed by atoms with Crippen LogP contribution in [0.1, 0.15) is 31.8 Å². The van der Waals surface area contributed by atoms with Gasteiger partial charge in [0.05, 0.1) is 12.0 Å². The number of amides is 2. The molecule has 0 radical (unpaired) electrons. The third-order valence-electron chi connectivity index (χ3n) is 5.89. The summed E-state index contributed by atoms with van der Waals surface area (Å²) >= 11 is 0. The van der Waals surface area contributed by atoms with Crippen molar-refractivity contribution in [3.05, 3.63) is 147 Å². The van der Waals surface area contributed by atoms with Gasteiger partial charge in [-0.25, -0.2) is 0 Å². The summed E-state index contributed by atoms with van der Waals surface area (Å²) in [6.45, 7) is 0. The first kappa shape index (κ1) is 28.2. The average Bonchev–Trinajstić information content (AvgIpc) is 3.00. The van der Waals surface area contributed by atoms with Crippen molar-refractivity contribution in [2.24, 2.45) is 0 Å². The Morgan fingerprint density at radius 2 is 1.51 bits per heavy atom. The molecule has 0 aliphatic heterocycles. The van der Waals surface area contributed by atoms with Gasteiger partial charge in [0, 0.05) is 28.9 Å². The maximum absolute atomic E-state index is 13.2. The minimum absolute atomic E-state index is 0.0123. The third kappa shape index (κ3) is 7.84. The van der Waals surface area contributed by atoms with Crippen molar-refractivity contribution in [2.75, 3.05) is 12.4 Å². The minimum Gasteiger partial charge on any atom is -0.497 e. The Bertz CT molecular complexity index is 1630. The molecular formula is C32H25N3O6. The predicted molar refractivity (Wildman–Crippen MR) is 156 cm³/mol. The van der Waals surface area contributed by atoms with Gasteiger partial charge < -0.3 is 15.4 Å². The number of rotatable bonds is 10. The van der Waals surface area contributed by atoms with E-state index in [1.165, 1.54) is 25.3 Å². The normalized spacial score (nSPS) is 11.1. The van der Waals surface area contributed by atoms with Crippen LogP contribution in [0.15, 0.2) is 115 Å². The number of benzene rings is 4. The maximum Gasteiger partial charge on any atom is 0.272 e. The van der Waals surface area contributed by atoms with Crippen LogP contribution >= 0.6 is 0 Å². The number of non-ortho nitro benzene ring substituents is 1. The van der Waals surface area contributed by atoms with Crippen LogP contribution in [-0.2, 0) is 4.79 Å². The van der Waals surface area contributed by atoms with E-state index >= 15 is 0 Å². The topological polar surface area (TPSA) is 128 Å². The number of hydrogen-bond acceptors (Lipinski definition) is 6. The number of anilines is 1. The van der Waals surface area contributed by atoms with E-state index in [-0.39, 0.29) is 17.2 Å². The minimum atomic E-state index is -0.561. The molecule has 0 heterocycles. The van der Waals surface area contributed by atoms with Gasteiger partial charge >= 0.3 is 0 Å². The Morgan fingerprint density at radius 1 is 0.805 bits per heavy atom. The Hall–Kier alpha value is -5.83. The fourth-order valence-corrected chi connectivity index (χ4v) is 3.73. The lowest BCUT2D eigenvalue weighted by Gasteiger charge is -2.12. The highest BCUT2D eigenvalue weighted by molar-refractivity contribution is 6.11. The van der Waals surface area contributed by atoms with Crippen molar-refractivity contribution in [3.8, 4) is 5.75 Å². The van der Waals surface area contributed by atoms with Gasteiger partial charge in [-0.2, -0.15) is 0 Å². The number of nitrogens with one attached hydrogen (secondary N) is 2. The van der Waals surface area contributed by atoms with E-state index in [9.17, 15) is 24.5 Å². The number of carbonyl (C=O) groups excluding carboxylic acids is 3. The van der Waals surface area contributed by atoms with Crippen molar-refractivity contribution in [3.63, 3.8) is 0 Å². The second-order valence-electron chi connectivity index (χ2n) is 8.73. The average molecular weight is 548 g/mol. The highest BCUT2D eigenvalue weighted by atomic mass is 16.6. The number of ketones is 1. The van der Waals surface area contributed by atoms with E-state index in [1.54, 1.807) is 103 Å². The zero-order chi connectivity index (χ0) is 29.2. The maximum atomic E-state index is 13.2. The predicted octanol–water partition coefficient (Wildman–Crippen LogP) is 5.91. The summed E-state index contributed by atoms with van der Waals surface area (Å²) in [6.07, 6.45) is 4.47. The highest BCUT2D eigenvalue weighted by Gasteiger charge is 2.15. The van der Waals surface area contributed by atoms with E-state index in [0.29, 0.717) is 33.7 Å². The lowest BCUT2D eigenvalue weighted by molar-refractivity contribution is -0.384. The van der Waals surface area contributed by atoms with Crippen molar-refractivity contribution < 1.29 is 24.0 Å². The van der Waals surface area contributed by atoms with Crippen LogP contribution in [-0.4, -0.2) is 29.6 Å². The molecular weight excluding hydrogens is 522 g/mol. The number of methoxy groups -OCH3 is 1. The molecule has 0 atom stereocenters. The summed E-state index contributed by atoms with van der Waals surface area (Å²) in [6, 6.07) is 27.7. The summed E-state index contributed by atoms with van der Waals surface area (Å²) in [4.78, 5) is 49.0. The third-order valence-corrected chi connectivity index (χ3v) is 5.89. The second-order valence-corrected chi connectivity index (χ2v) is 8.73. The molecule has 41 heavy (non-hydrogen) atoms. The molecule has 0 aliphatic rings. The summed E-state index contributed by atoms with van der Waals surface area (Å²) < 4.78 is 5.26. The Labute approximate surface area is 235 Å². The number of carbonyl (C=O) groups is 3. The molecule has 0 unspecified atom stereocenters. The Kier molecular flexibility index (Phi) is 9.14. The van der Waals surface area contributed by atoms with Crippen molar-refractivity contribution in [1.82, 2.24) is 5.32 Å². The van der Waals surface area contributed by atoms with Crippen LogP contribution in [0.5, 0.6) is 5.75 Å². The molecule has 0 aliphatic carbocycles. The van der Waals surface area contributed by atoms with Crippen LogP contribution in [0, 0.1) is 10.1 Å². The van der Waals surface area contributed by atoms with Gasteiger partial charge in [-0.1, -0.05) is 36.4 Å². The van der Waals surface area contributed by atoms with Gasteiger partial charge in [-0.3, -0.25) is 24.5 Å². The molecule has 4 rings (SSSR count). The highest BCUT2D eigenvalue weighted by Crippen LogP contribution is 2.18. The Morgan fingerprint density at radius 3 is 2.17 bits per heavy atom. The SMILES string of the molecule is COc1cccc(/C=C(\NC(=O)c2ccccc2)C(=O)Nc2ccc(C(=O)/C=C/c3ccc([N+](=O)[O-])cc3)cc2)c1. The number of ether oxygens (including phenoxy) is 1. The van der Waals surface area contributed by atoms with Crippen LogP contribution in [0.4, 0.5) is 11.4 Å². The monoisotopic (exact) mass is 547 g/mol. The van der Waals surface area contributed by atoms with E-state index < -0.39 is 16.7 Å². The summed E-state index contributed by atoms with van der Waals surface area (Å²) in [5, 5.41) is 16.2. The molecule has 4 aromatic rings. The number of nitro benzene ring substituents is 1. The zero-order valence-electron chi connectivity index (χ0n) is 21.9. The first-order valence-corrected chi connectivity index (χ1v) is 12.4. The molecule has 0 bridgehead atoms. The molecule has 0 spiro atoms. The number of nitro groups is 1. The standard InChI is InChI=1S/C32H25N3O6/c1-41-28-9-5-6-23(20-28)21-29(34-31(37)25-7-3-2-4-8-25)32(38)33-26-15-13-24(14-16-26)30(36)19-12-22-10-17-27(18-11-22)35(39)40/h2-21H,1H3,(H,33,38)(H,34,37)/b19-12+,29-21-. The van der Waals surface area contributed by atoms with E-state index in [4.69, 9.17) is 4.74 Å². The lowest BCUT2D eigenvalue weighted by Crippen LogP contribution is -2.30. The first-order chi connectivity index (χ1) is 19.8. The smallest absolute Gasteiger partial charge is 0.272 e. The molecule has 9 heteroatoms. The number of hydrogen-bond donors (Lipinski definition) is 2. The van der Waals surface area contributed by atoms with Crippen molar-refractivity contribution in [1.29, 1.82) is 0 Å². The van der Waals surface area contributed by atoms with Gasteiger partial charge in [0.15, 0.2) is 5.78 Å². The summed E-state index contributed by atoms with van der Waals surface area (Å²) in [7, 11) is 1.54. The lowest BCUT2D eigenvalue weighted by atomic mass is 10.1. The van der Waals surface area contributed by atoms with Gasteiger partial charge in [0.2, 0.25) is 0 Å². The second kappa shape index (κ2) is 13.3. The van der Waals surface area contributed by atoms with Crippen LogP contribution in [0.3, 0.4) is 0 Å². The van der Waals surface area contributed by atoms with Gasteiger partial charge in [-0.15, -0.1) is 0 Å². The summed E-state index contributed by atoms with van der Waals surface area (Å²) in [5.74, 6) is -0.698. The van der Waals surface area contributed by atoms with E-state index in [2.05, 4.69) is 10.6 Å². The van der Waals surface area contributed by atoms with Crippen LogP contribution < -0.4 is 15.4 Å². The molecule has 4 aromatic carbocycles. The molecule has 0 saturated heterocycles. The quantitative estimate of drug-likeness (QED) is 0.110. The van der Waals surface area contributed by atoms with E-state index in [1.807, 2.05) is 0 Å². The van der Waals surface area contributed by atoms with Gasteiger partial charge in [0.1, 0.15) is 11.4 Å². The number of allylic oxidation sites excluding steroid dienone is 1. The van der Waals surface area contributed by atoms with Crippen LogP contribution in [0.2, 0.25) is 0 Å². The van der Waals surface area contributed by atoms with E-state index in [0.717, 1.165) is 0 Å². The number of nitrogens with zero attached hydrogens (tertiary/aromatic N) is 1. The first-order valence-electron chi connectivity index (χ1n) is 12.4. The molecule has 0 saturated carbocycles. The Balaban J connectivity index is 1.48. The fourth-order valence-electron chi connectivity index (χ4n) is 3.73. The molecule has 2 N–H and O–H groups in total. The van der Waals surface area contributed by atoms with Crippen molar-refractivity contribution in [2.45, 2.75) is 0 Å². The molecule has 0 fully saturated rings. The molecule has 0 aromatic heterocycles. The van der Waals surface area contributed by atoms with Crippen molar-refractivity contribution >= 4 is 41.1 Å². The fraction of sp³-hybridized carbons (Fsp3) is 0.0312. The molecule has 2 amide bonds.